The van der Waals surface area contributed by atoms with Crippen LogP contribution in [0.3, 0.4) is 0 Å². The molecule has 1 aliphatic carbocycles. The smallest absolute Gasteiger partial charge is 0.272 e. The second kappa shape index (κ2) is 3.56. The topological polar surface area (TPSA) is 34.9 Å². The van der Waals surface area contributed by atoms with E-state index >= 15 is 0 Å². The van der Waals surface area contributed by atoms with Gasteiger partial charge in [-0.2, -0.15) is 0 Å². The van der Waals surface area contributed by atoms with Crippen LogP contribution in [0.4, 0.5) is 0 Å². The molecule has 0 saturated heterocycles. The van der Waals surface area contributed by atoms with Gasteiger partial charge in [0.1, 0.15) is 5.69 Å². The zero-order valence-electron chi connectivity index (χ0n) is 8.84. The first-order valence-electron chi connectivity index (χ1n) is 5.31. The predicted octanol–water partition coefficient (Wildman–Crippen LogP) is 1.22. The molecule has 1 heterocycles. The van der Waals surface area contributed by atoms with Crippen LogP contribution in [0.25, 0.3) is 0 Å². The fourth-order valence-corrected chi connectivity index (χ4v) is 2.11. The maximum Gasteiger partial charge on any atom is 0.272 e. The first-order valence-corrected chi connectivity index (χ1v) is 5.31. The van der Waals surface area contributed by atoms with Gasteiger partial charge in [-0.1, -0.05) is 6.92 Å². The number of aryl methyl sites for hydroxylation is 2. The average Bonchev–Trinajstić information content (AvgIpc) is 2.23. The zero-order chi connectivity index (χ0) is 10.1. The third-order valence-corrected chi connectivity index (χ3v) is 2.97. The van der Waals surface area contributed by atoms with Crippen LogP contribution in [-0.4, -0.2) is 9.55 Å². The fraction of sp³-hybridized carbons (Fsp3) is 0.636. The lowest BCUT2D eigenvalue weighted by molar-refractivity contribution is 0.595. The van der Waals surface area contributed by atoms with E-state index in [0.29, 0.717) is 5.69 Å². The highest BCUT2D eigenvalue weighted by molar-refractivity contribution is 5.18. The quantitative estimate of drug-likeness (QED) is 0.670. The molecular weight excluding hydrogens is 176 g/mol. The summed E-state index contributed by atoms with van der Waals surface area (Å²) in [4.78, 5) is 16.2. The lowest BCUT2D eigenvalue weighted by Gasteiger charge is -2.18. The van der Waals surface area contributed by atoms with Gasteiger partial charge in [0, 0.05) is 12.7 Å². The molecule has 0 spiro atoms. The molecule has 0 fully saturated rings. The van der Waals surface area contributed by atoms with E-state index in [2.05, 4.69) is 4.98 Å². The van der Waals surface area contributed by atoms with Crippen molar-refractivity contribution in [3.05, 3.63) is 27.4 Å². The Bertz CT molecular complexity index is 406. The second-order valence-corrected chi connectivity index (χ2v) is 3.88. The molecular formula is C11H16N2O. The number of rotatable bonds is 1. The normalized spacial score (nSPS) is 15.3. The molecule has 2 rings (SSSR count). The van der Waals surface area contributed by atoms with Crippen molar-refractivity contribution < 1.29 is 0 Å². The van der Waals surface area contributed by atoms with Crippen LogP contribution in [0.5, 0.6) is 0 Å². The molecule has 0 bridgehead atoms. The summed E-state index contributed by atoms with van der Waals surface area (Å²) in [7, 11) is 1.87. The van der Waals surface area contributed by atoms with Crippen molar-refractivity contribution in [1.82, 2.24) is 9.55 Å². The van der Waals surface area contributed by atoms with E-state index in [9.17, 15) is 4.79 Å². The van der Waals surface area contributed by atoms with E-state index in [1.165, 1.54) is 12.8 Å². The van der Waals surface area contributed by atoms with Crippen LogP contribution >= 0.6 is 0 Å². The van der Waals surface area contributed by atoms with Crippen LogP contribution < -0.4 is 5.56 Å². The SMILES string of the molecule is CCc1nc2c(n(C)c1=O)CCCC2. The lowest BCUT2D eigenvalue weighted by atomic mass is 10.00. The van der Waals surface area contributed by atoms with Crippen LogP contribution in [0, 0.1) is 0 Å². The maximum absolute atomic E-state index is 11.8. The van der Waals surface area contributed by atoms with Gasteiger partial charge in [-0.25, -0.2) is 0 Å². The van der Waals surface area contributed by atoms with Crippen LogP contribution in [-0.2, 0) is 26.3 Å². The molecule has 0 aromatic carbocycles. The minimum absolute atomic E-state index is 0.0909. The largest absolute Gasteiger partial charge is 0.312 e. The van der Waals surface area contributed by atoms with E-state index in [4.69, 9.17) is 0 Å². The Morgan fingerprint density at radius 2 is 2.07 bits per heavy atom. The first-order chi connectivity index (χ1) is 6.74. The Balaban J connectivity index is 2.63. The van der Waals surface area contributed by atoms with E-state index in [1.54, 1.807) is 4.57 Å². The number of fused-ring (bicyclic) bond motifs is 1. The van der Waals surface area contributed by atoms with E-state index in [0.717, 1.165) is 30.7 Å². The molecule has 0 amide bonds. The molecule has 0 saturated carbocycles. The van der Waals surface area contributed by atoms with Crippen molar-refractivity contribution in [2.24, 2.45) is 7.05 Å². The summed E-state index contributed by atoms with van der Waals surface area (Å²) in [6, 6.07) is 0. The summed E-state index contributed by atoms with van der Waals surface area (Å²) >= 11 is 0. The number of nitrogens with zero attached hydrogens (tertiary/aromatic N) is 2. The molecule has 3 heteroatoms. The van der Waals surface area contributed by atoms with Gasteiger partial charge in [-0.3, -0.25) is 9.78 Å². The number of hydrogen-bond donors (Lipinski definition) is 0. The van der Waals surface area contributed by atoms with E-state index in [-0.39, 0.29) is 5.56 Å². The van der Waals surface area contributed by atoms with Gasteiger partial charge >= 0.3 is 0 Å². The molecule has 0 radical (unpaired) electrons. The Hall–Kier alpha value is -1.12. The molecule has 0 N–H and O–H groups in total. The first kappa shape index (κ1) is 9.44. The monoisotopic (exact) mass is 192 g/mol. The van der Waals surface area contributed by atoms with Crippen molar-refractivity contribution in [2.45, 2.75) is 39.0 Å². The van der Waals surface area contributed by atoms with Gasteiger partial charge in [0.25, 0.3) is 5.56 Å². The molecule has 0 aliphatic heterocycles. The highest BCUT2D eigenvalue weighted by atomic mass is 16.1. The van der Waals surface area contributed by atoms with E-state index < -0.39 is 0 Å². The second-order valence-electron chi connectivity index (χ2n) is 3.88. The lowest BCUT2D eigenvalue weighted by Crippen LogP contribution is -2.29. The van der Waals surface area contributed by atoms with E-state index in [1.807, 2.05) is 14.0 Å². The fourth-order valence-electron chi connectivity index (χ4n) is 2.11. The zero-order valence-corrected chi connectivity index (χ0v) is 8.84. The van der Waals surface area contributed by atoms with Crippen molar-refractivity contribution in [1.29, 1.82) is 0 Å². The third kappa shape index (κ3) is 1.37. The van der Waals surface area contributed by atoms with Crippen molar-refractivity contribution in [2.75, 3.05) is 0 Å². The predicted molar refractivity (Wildman–Crippen MR) is 55.5 cm³/mol. The van der Waals surface area contributed by atoms with Crippen LogP contribution in [0.15, 0.2) is 4.79 Å². The standard InChI is InChI=1S/C11H16N2O/c1-3-8-11(14)13(2)10-7-5-4-6-9(10)12-8/h3-7H2,1-2H3. The summed E-state index contributed by atoms with van der Waals surface area (Å²) in [5.41, 5.74) is 3.11. The van der Waals surface area contributed by atoms with Gasteiger partial charge in [0.2, 0.25) is 0 Å². The molecule has 0 unspecified atom stereocenters. The summed E-state index contributed by atoms with van der Waals surface area (Å²) in [5, 5.41) is 0. The number of hydrogen-bond acceptors (Lipinski definition) is 2. The minimum atomic E-state index is 0.0909. The minimum Gasteiger partial charge on any atom is -0.312 e. The molecule has 3 nitrogen and oxygen atoms in total. The third-order valence-electron chi connectivity index (χ3n) is 2.97. The Morgan fingerprint density at radius 1 is 1.36 bits per heavy atom. The van der Waals surface area contributed by atoms with Crippen molar-refractivity contribution in [3.63, 3.8) is 0 Å². The van der Waals surface area contributed by atoms with Crippen LogP contribution in [0.2, 0.25) is 0 Å². The Labute approximate surface area is 83.8 Å². The van der Waals surface area contributed by atoms with Crippen molar-refractivity contribution in [3.8, 4) is 0 Å². The average molecular weight is 192 g/mol. The molecule has 1 aliphatic rings. The summed E-state index contributed by atoms with van der Waals surface area (Å²) < 4.78 is 1.79. The highest BCUT2D eigenvalue weighted by Crippen LogP contribution is 2.17. The molecule has 1 aromatic rings. The van der Waals surface area contributed by atoms with Gasteiger partial charge in [-0.05, 0) is 32.1 Å². The van der Waals surface area contributed by atoms with Gasteiger partial charge < -0.3 is 4.57 Å². The molecule has 0 atom stereocenters. The highest BCUT2D eigenvalue weighted by Gasteiger charge is 2.16. The summed E-state index contributed by atoms with van der Waals surface area (Å²) in [6.45, 7) is 1.99. The van der Waals surface area contributed by atoms with Gasteiger partial charge in [-0.15, -0.1) is 0 Å². The summed E-state index contributed by atoms with van der Waals surface area (Å²) in [5.74, 6) is 0. The Kier molecular flexibility index (Phi) is 2.40. The summed E-state index contributed by atoms with van der Waals surface area (Å²) in [6.07, 6.45) is 5.18. The van der Waals surface area contributed by atoms with Crippen LogP contribution in [0.1, 0.15) is 36.8 Å². The number of aromatic nitrogens is 2. The Morgan fingerprint density at radius 3 is 2.79 bits per heavy atom. The van der Waals surface area contributed by atoms with Crippen molar-refractivity contribution >= 4 is 0 Å². The molecule has 76 valence electrons. The van der Waals surface area contributed by atoms with Gasteiger partial charge in [0.05, 0.1) is 5.69 Å². The molecule has 14 heavy (non-hydrogen) atoms. The van der Waals surface area contributed by atoms with Gasteiger partial charge in [0.15, 0.2) is 0 Å². The molecule has 1 aromatic heterocycles. The maximum atomic E-state index is 11.8.